The molecule has 2 heterocycles. The Balaban J connectivity index is 1.67. The van der Waals surface area contributed by atoms with Gasteiger partial charge in [0.05, 0.1) is 23.7 Å². The Morgan fingerprint density at radius 3 is 2.77 bits per heavy atom. The van der Waals surface area contributed by atoms with Crippen molar-refractivity contribution < 1.29 is 14.4 Å². The summed E-state index contributed by atoms with van der Waals surface area (Å²) in [6, 6.07) is 8.66. The Morgan fingerprint density at radius 2 is 2.00 bits per heavy atom. The fraction of sp³-hybridized carbons (Fsp3) is 0.400. The maximum Gasteiger partial charge on any atom is 0.252 e. The van der Waals surface area contributed by atoms with Crippen molar-refractivity contribution in [3.8, 4) is 0 Å². The van der Waals surface area contributed by atoms with E-state index >= 15 is 0 Å². The molecule has 1 N–H and O–H groups in total. The smallest absolute Gasteiger partial charge is 0.252 e. The van der Waals surface area contributed by atoms with E-state index in [0.29, 0.717) is 18.5 Å². The molecule has 1 aromatic carbocycles. The third kappa shape index (κ3) is 3.59. The van der Waals surface area contributed by atoms with Crippen molar-refractivity contribution in [2.45, 2.75) is 32.7 Å². The van der Waals surface area contributed by atoms with Crippen LogP contribution in [0.3, 0.4) is 0 Å². The zero-order valence-electron chi connectivity index (χ0n) is 15.1. The summed E-state index contributed by atoms with van der Waals surface area (Å²) in [5.74, 6) is -0.551. The first-order valence-corrected chi connectivity index (χ1v) is 8.94. The first kappa shape index (κ1) is 18.0. The molecule has 3 rings (SSSR count). The number of benzene rings is 1. The number of hydrogen-bond donors (Lipinski definition) is 1. The van der Waals surface area contributed by atoms with Gasteiger partial charge in [0.15, 0.2) is 5.78 Å². The predicted molar refractivity (Wildman–Crippen MR) is 98.7 cm³/mol. The van der Waals surface area contributed by atoms with Gasteiger partial charge in [0.1, 0.15) is 0 Å². The van der Waals surface area contributed by atoms with Gasteiger partial charge in [0.2, 0.25) is 5.91 Å². The van der Waals surface area contributed by atoms with Crippen molar-refractivity contribution in [3.63, 3.8) is 0 Å². The number of Topliss-reactive ketones (excluding diaryl/α,β-unsaturated/α-hetero) is 1. The number of nitrogens with one attached hydrogen (secondary N) is 1. The van der Waals surface area contributed by atoms with Crippen LogP contribution in [0.2, 0.25) is 0 Å². The molecule has 2 amide bonds. The molecule has 0 aliphatic carbocycles. The molecular weight excluding hydrogens is 330 g/mol. The highest BCUT2D eigenvalue weighted by molar-refractivity contribution is 6.07. The van der Waals surface area contributed by atoms with Crippen LogP contribution < -0.4 is 5.32 Å². The fourth-order valence-electron chi connectivity index (χ4n) is 3.39. The quantitative estimate of drug-likeness (QED) is 0.893. The van der Waals surface area contributed by atoms with Gasteiger partial charge in [0.25, 0.3) is 5.91 Å². The second-order valence-corrected chi connectivity index (χ2v) is 6.86. The molecule has 0 spiro atoms. The highest BCUT2D eigenvalue weighted by Gasteiger charge is 2.34. The Morgan fingerprint density at radius 1 is 1.23 bits per heavy atom. The van der Waals surface area contributed by atoms with Crippen LogP contribution in [0.5, 0.6) is 0 Å². The number of hydrogen-bond acceptors (Lipinski definition) is 4. The maximum atomic E-state index is 12.5. The number of pyridine rings is 1. The molecule has 0 bridgehead atoms. The molecule has 1 atom stereocenters. The van der Waals surface area contributed by atoms with E-state index in [0.717, 1.165) is 17.3 Å². The fourth-order valence-corrected chi connectivity index (χ4v) is 3.39. The molecule has 6 nitrogen and oxygen atoms in total. The van der Waals surface area contributed by atoms with Crippen LogP contribution in [0.15, 0.2) is 36.5 Å². The lowest BCUT2D eigenvalue weighted by atomic mass is 10.00. The van der Waals surface area contributed by atoms with Gasteiger partial charge >= 0.3 is 0 Å². The molecule has 1 unspecified atom stereocenters. The summed E-state index contributed by atoms with van der Waals surface area (Å²) in [5, 5.41) is 3.43. The van der Waals surface area contributed by atoms with Crippen LogP contribution in [0.1, 0.15) is 37.0 Å². The molecule has 2 aromatic rings. The molecule has 6 heteroatoms. The number of nitrogens with zero attached hydrogens (tertiary/aromatic N) is 2. The van der Waals surface area contributed by atoms with Crippen LogP contribution in [0.25, 0.3) is 10.9 Å². The Hall–Kier alpha value is -2.76. The summed E-state index contributed by atoms with van der Waals surface area (Å²) >= 11 is 0. The van der Waals surface area contributed by atoms with Gasteiger partial charge in [-0.15, -0.1) is 0 Å². The van der Waals surface area contributed by atoms with E-state index in [1.54, 1.807) is 17.2 Å². The van der Waals surface area contributed by atoms with Crippen molar-refractivity contribution in [2.75, 3.05) is 13.1 Å². The minimum Gasteiger partial charge on any atom is -0.343 e. The number of likely N-dealkylation sites (tertiary alicyclic amines) is 1. The molecular formula is C20H23N3O3. The summed E-state index contributed by atoms with van der Waals surface area (Å²) < 4.78 is 0. The Kier molecular flexibility index (Phi) is 5.30. The number of para-hydroxylation sites is 1. The van der Waals surface area contributed by atoms with Crippen LogP contribution >= 0.6 is 0 Å². The molecule has 1 saturated heterocycles. The number of aromatic nitrogens is 1. The second-order valence-electron chi connectivity index (χ2n) is 6.86. The molecule has 1 aliphatic heterocycles. The third-order valence-electron chi connectivity index (χ3n) is 4.76. The van der Waals surface area contributed by atoms with Gasteiger partial charge in [-0.25, -0.2) is 0 Å². The monoisotopic (exact) mass is 353 g/mol. The normalized spacial score (nSPS) is 16.9. The molecule has 0 saturated carbocycles. The van der Waals surface area contributed by atoms with Crippen molar-refractivity contribution >= 4 is 28.5 Å². The largest absolute Gasteiger partial charge is 0.343 e. The molecule has 1 aromatic heterocycles. The van der Waals surface area contributed by atoms with E-state index in [2.05, 4.69) is 10.3 Å². The number of carbonyl (C=O) groups excluding carboxylic acids is 3. The first-order valence-electron chi connectivity index (χ1n) is 8.94. The van der Waals surface area contributed by atoms with E-state index < -0.39 is 0 Å². The standard InChI is InChI=1S/C20H23N3O3/c1-13(2)19(25)17-8-5-11-23(17)18(24)12-22-20(26)15-9-10-21-16-7-4-3-6-14(15)16/h3-4,6-7,9-10,13,17H,5,8,11-12H2,1-2H3,(H,22,26). The van der Waals surface area contributed by atoms with E-state index in [4.69, 9.17) is 0 Å². The topological polar surface area (TPSA) is 79.4 Å². The first-order chi connectivity index (χ1) is 12.5. The van der Waals surface area contributed by atoms with Gasteiger partial charge in [-0.2, -0.15) is 0 Å². The van der Waals surface area contributed by atoms with Crippen LogP contribution in [-0.2, 0) is 9.59 Å². The average molecular weight is 353 g/mol. The zero-order chi connectivity index (χ0) is 18.7. The lowest BCUT2D eigenvalue weighted by Crippen LogP contribution is -2.46. The molecule has 0 radical (unpaired) electrons. The van der Waals surface area contributed by atoms with Gasteiger partial charge in [-0.1, -0.05) is 32.0 Å². The summed E-state index contributed by atoms with van der Waals surface area (Å²) in [6.07, 6.45) is 3.10. The Labute approximate surface area is 152 Å². The molecule has 1 aliphatic rings. The summed E-state index contributed by atoms with van der Waals surface area (Å²) in [4.78, 5) is 43.2. The number of carbonyl (C=O) groups is 3. The maximum absolute atomic E-state index is 12.5. The van der Waals surface area contributed by atoms with E-state index in [9.17, 15) is 14.4 Å². The van der Waals surface area contributed by atoms with Gasteiger partial charge in [-0.3, -0.25) is 19.4 Å². The molecule has 1 fully saturated rings. The molecule has 26 heavy (non-hydrogen) atoms. The van der Waals surface area contributed by atoms with Crippen LogP contribution in [0.4, 0.5) is 0 Å². The summed E-state index contributed by atoms with van der Waals surface area (Å²) in [6.45, 7) is 4.15. The minimum absolute atomic E-state index is 0.0855. The number of rotatable bonds is 5. The van der Waals surface area contributed by atoms with Crippen molar-refractivity contribution in [3.05, 3.63) is 42.1 Å². The highest BCUT2D eigenvalue weighted by Crippen LogP contribution is 2.21. The summed E-state index contributed by atoms with van der Waals surface area (Å²) in [5.41, 5.74) is 1.22. The lowest BCUT2D eigenvalue weighted by molar-refractivity contribution is -0.138. The molecule has 136 valence electrons. The van der Waals surface area contributed by atoms with Gasteiger partial charge in [0, 0.05) is 24.0 Å². The number of amides is 2. The van der Waals surface area contributed by atoms with E-state index in [1.165, 1.54) is 0 Å². The lowest BCUT2D eigenvalue weighted by Gasteiger charge is -2.25. The SMILES string of the molecule is CC(C)C(=O)C1CCCN1C(=O)CNC(=O)c1ccnc2ccccc12. The van der Waals surface area contributed by atoms with Crippen molar-refractivity contribution in [1.82, 2.24) is 15.2 Å². The van der Waals surface area contributed by atoms with E-state index in [-0.39, 0.29) is 36.1 Å². The third-order valence-corrected chi connectivity index (χ3v) is 4.76. The predicted octanol–water partition coefficient (Wildman–Crippen LogP) is 2.18. The second kappa shape index (κ2) is 7.64. The Bertz CT molecular complexity index is 842. The van der Waals surface area contributed by atoms with Crippen molar-refractivity contribution in [1.29, 1.82) is 0 Å². The van der Waals surface area contributed by atoms with Crippen LogP contribution in [-0.4, -0.2) is 46.6 Å². The number of ketones is 1. The van der Waals surface area contributed by atoms with Crippen LogP contribution in [0, 0.1) is 5.92 Å². The minimum atomic E-state index is -0.360. The van der Waals surface area contributed by atoms with Gasteiger partial charge < -0.3 is 10.2 Å². The van der Waals surface area contributed by atoms with Gasteiger partial charge in [-0.05, 0) is 25.0 Å². The highest BCUT2D eigenvalue weighted by atomic mass is 16.2. The summed E-state index contributed by atoms with van der Waals surface area (Å²) in [7, 11) is 0. The average Bonchev–Trinajstić information content (AvgIpc) is 3.14. The number of fused-ring (bicyclic) bond motifs is 1. The zero-order valence-corrected chi connectivity index (χ0v) is 15.1. The van der Waals surface area contributed by atoms with E-state index in [1.807, 2.05) is 38.1 Å². The van der Waals surface area contributed by atoms with Crippen molar-refractivity contribution in [2.24, 2.45) is 5.92 Å².